The molecule has 8 heteroatoms. The first-order chi connectivity index (χ1) is 18.5. The van der Waals surface area contributed by atoms with Crippen LogP contribution in [0.1, 0.15) is 50.4 Å². The third kappa shape index (κ3) is 8.33. The number of hydrogen-bond acceptors (Lipinski definition) is 5. The molecule has 0 saturated heterocycles. The number of nitrogens with one attached hydrogen (secondary N) is 2. The fourth-order valence-electron chi connectivity index (χ4n) is 4.21. The van der Waals surface area contributed by atoms with Gasteiger partial charge in [-0.1, -0.05) is 60.7 Å². The van der Waals surface area contributed by atoms with Crippen LogP contribution in [0.5, 0.6) is 5.75 Å². The number of benzene rings is 3. The number of carbonyl (C=O) groups is 3. The molecule has 0 radical (unpaired) electrons. The van der Waals surface area contributed by atoms with E-state index in [0.717, 1.165) is 11.1 Å². The summed E-state index contributed by atoms with van der Waals surface area (Å²) in [4.78, 5) is 42.1. The number of likely N-dealkylation sites (N-methyl/N-ethyl adjacent to an activating group) is 1. The maximum Gasteiger partial charge on any atom is 0.408 e. The van der Waals surface area contributed by atoms with E-state index in [0.29, 0.717) is 11.3 Å². The number of carbonyl (C=O) groups excluding carboxylic acids is 3. The van der Waals surface area contributed by atoms with Crippen molar-refractivity contribution in [3.8, 4) is 5.75 Å². The molecule has 0 heterocycles. The van der Waals surface area contributed by atoms with E-state index in [1.54, 1.807) is 45.9 Å². The number of nitrogens with zero attached hydrogens (tertiary/aromatic N) is 1. The highest BCUT2D eigenvalue weighted by Gasteiger charge is 2.35. The van der Waals surface area contributed by atoms with Gasteiger partial charge in [0.25, 0.3) is 5.91 Å². The number of aryl methyl sites for hydroxylation is 1. The maximum absolute atomic E-state index is 14.1. The third-order valence-electron chi connectivity index (χ3n) is 6.07. The molecule has 3 aromatic carbocycles. The van der Waals surface area contributed by atoms with E-state index < -0.39 is 35.6 Å². The van der Waals surface area contributed by atoms with Crippen LogP contribution < -0.4 is 10.6 Å². The van der Waals surface area contributed by atoms with Crippen molar-refractivity contribution in [1.82, 2.24) is 10.2 Å². The lowest BCUT2D eigenvalue weighted by Gasteiger charge is -2.34. The topological polar surface area (TPSA) is 108 Å². The van der Waals surface area contributed by atoms with Gasteiger partial charge in [-0.05, 0) is 69.5 Å². The number of amides is 3. The van der Waals surface area contributed by atoms with Crippen LogP contribution in [-0.2, 0) is 20.7 Å². The van der Waals surface area contributed by atoms with Crippen molar-refractivity contribution in [2.45, 2.75) is 58.7 Å². The Morgan fingerprint density at radius 1 is 0.923 bits per heavy atom. The Kier molecular flexibility index (Phi) is 9.71. The molecule has 2 atom stereocenters. The predicted octanol–water partition coefficient (Wildman–Crippen LogP) is 5.36. The number of ether oxygens (including phenoxy) is 1. The van der Waals surface area contributed by atoms with E-state index in [-0.39, 0.29) is 18.7 Å². The molecule has 0 fully saturated rings. The van der Waals surface area contributed by atoms with Crippen LogP contribution in [0.15, 0.2) is 78.9 Å². The number of rotatable bonds is 9. The molecule has 206 valence electrons. The van der Waals surface area contributed by atoms with Gasteiger partial charge in [-0.2, -0.15) is 0 Å². The normalized spacial score (nSPS) is 12.6. The first-order valence-electron chi connectivity index (χ1n) is 13.0. The van der Waals surface area contributed by atoms with Gasteiger partial charge in [0.15, 0.2) is 0 Å². The number of hydrogen-bond donors (Lipinski definition) is 3. The molecule has 0 saturated carbocycles. The molecule has 3 N–H and O–H groups in total. The van der Waals surface area contributed by atoms with Crippen LogP contribution in [0, 0.1) is 6.92 Å². The molecule has 0 aliphatic carbocycles. The lowest BCUT2D eigenvalue weighted by molar-refractivity contribution is -0.140. The average molecular weight is 532 g/mol. The van der Waals surface area contributed by atoms with Gasteiger partial charge < -0.3 is 25.4 Å². The first kappa shape index (κ1) is 29.2. The smallest absolute Gasteiger partial charge is 0.408 e. The van der Waals surface area contributed by atoms with Gasteiger partial charge in [0.05, 0.1) is 0 Å². The van der Waals surface area contributed by atoms with Crippen molar-refractivity contribution in [3.63, 3.8) is 0 Å². The van der Waals surface area contributed by atoms with E-state index in [1.165, 1.54) is 17.0 Å². The van der Waals surface area contributed by atoms with Crippen LogP contribution >= 0.6 is 0 Å². The Balaban J connectivity index is 1.99. The highest BCUT2D eigenvalue weighted by atomic mass is 16.6. The van der Waals surface area contributed by atoms with Crippen molar-refractivity contribution in [3.05, 3.63) is 95.6 Å². The number of phenolic OH excluding ortho intramolecular Hbond substituents is 1. The van der Waals surface area contributed by atoms with Crippen LogP contribution in [-0.4, -0.2) is 46.1 Å². The number of anilines is 1. The van der Waals surface area contributed by atoms with E-state index in [1.807, 2.05) is 55.5 Å². The minimum absolute atomic E-state index is 0.0414. The summed E-state index contributed by atoms with van der Waals surface area (Å²) in [6, 6.07) is 20.9. The number of aromatic hydroxyl groups is 1. The number of para-hydroxylation sites is 1. The number of phenols is 1. The maximum atomic E-state index is 14.1. The fourth-order valence-corrected chi connectivity index (χ4v) is 4.21. The molecule has 0 aromatic heterocycles. The molecule has 8 nitrogen and oxygen atoms in total. The molecular formula is C31H37N3O5. The van der Waals surface area contributed by atoms with Crippen molar-refractivity contribution in [2.75, 3.05) is 11.9 Å². The molecule has 3 amide bonds. The summed E-state index contributed by atoms with van der Waals surface area (Å²) in [5.74, 6) is -0.814. The SMILES string of the molecule is CCN(C(=O)C(Cc1ccccc1)NC(=O)OC(C)(C)C)C(C(=O)Nc1ccccc1C)c1ccc(O)cc1. The Hall–Kier alpha value is -4.33. The highest BCUT2D eigenvalue weighted by Crippen LogP contribution is 2.27. The van der Waals surface area contributed by atoms with Crippen molar-refractivity contribution in [1.29, 1.82) is 0 Å². The van der Waals surface area contributed by atoms with Gasteiger partial charge in [-0.3, -0.25) is 9.59 Å². The first-order valence-corrected chi connectivity index (χ1v) is 13.0. The molecule has 39 heavy (non-hydrogen) atoms. The zero-order valence-corrected chi connectivity index (χ0v) is 23.1. The quantitative estimate of drug-likeness (QED) is 0.344. The Morgan fingerprint density at radius 3 is 2.13 bits per heavy atom. The summed E-state index contributed by atoms with van der Waals surface area (Å²) < 4.78 is 5.44. The Labute approximate surface area is 230 Å². The summed E-state index contributed by atoms with van der Waals surface area (Å²) in [6.45, 7) is 9.09. The van der Waals surface area contributed by atoms with Crippen molar-refractivity contribution < 1.29 is 24.2 Å². The van der Waals surface area contributed by atoms with Gasteiger partial charge in [0.1, 0.15) is 23.4 Å². The second-order valence-electron chi connectivity index (χ2n) is 10.3. The van der Waals surface area contributed by atoms with Crippen molar-refractivity contribution in [2.24, 2.45) is 0 Å². The monoisotopic (exact) mass is 531 g/mol. The summed E-state index contributed by atoms with van der Waals surface area (Å²) in [5.41, 5.74) is 2.11. The number of alkyl carbamates (subject to hydrolysis) is 1. The van der Waals surface area contributed by atoms with Gasteiger partial charge in [-0.15, -0.1) is 0 Å². The molecule has 3 aromatic rings. The van der Waals surface area contributed by atoms with E-state index in [9.17, 15) is 19.5 Å². The van der Waals surface area contributed by atoms with Crippen LogP contribution in [0.3, 0.4) is 0 Å². The molecule has 3 rings (SSSR count). The lowest BCUT2D eigenvalue weighted by Crippen LogP contribution is -2.53. The third-order valence-corrected chi connectivity index (χ3v) is 6.07. The molecule has 2 unspecified atom stereocenters. The van der Waals surface area contributed by atoms with E-state index >= 15 is 0 Å². The predicted molar refractivity (Wildman–Crippen MR) is 151 cm³/mol. The average Bonchev–Trinajstić information content (AvgIpc) is 2.88. The zero-order chi connectivity index (χ0) is 28.6. The van der Waals surface area contributed by atoms with Crippen LogP contribution in [0.25, 0.3) is 0 Å². The van der Waals surface area contributed by atoms with Gasteiger partial charge in [0.2, 0.25) is 5.91 Å². The summed E-state index contributed by atoms with van der Waals surface area (Å²) in [6.07, 6.45) is -0.518. The lowest BCUT2D eigenvalue weighted by atomic mass is 10.00. The molecule has 0 spiro atoms. The van der Waals surface area contributed by atoms with Gasteiger partial charge in [-0.25, -0.2) is 4.79 Å². The largest absolute Gasteiger partial charge is 0.508 e. The standard InChI is InChI=1S/C31H37N3O5/c1-6-34(29(37)26(20-22-13-8-7-9-14-22)33-30(38)39-31(3,4)5)27(23-16-18-24(35)19-17-23)28(36)32-25-15-11-10-12-21(25)2/h7-19,26-27,35H,6,20H2,1-5H3,(H,32,36)(H,33,38). The minimum atomic E-state index is -1.03. The Bertz CT molecular complexity index is 1270. The highest BCUT2D eigenvalue weighted by molar-refractivity contribution is 5.99. The Morgan fingerprint density at radius 2 is 1.54 bits per heavy atom. The molecule has 0 bridgehead atoms. The summed E-state index contributed by atoms with van der Waals surface area (Å²) in [7, 11) is 0. The molecule has 0 aliphatic rings. The molecule has 0 aliphatic heterocycles. The fraction of sp³-hybridized carbons (Fsp3) is 0.323. The van der Waals surface area contributed by atoms with E-state index in [2.05, 4.69) is 10.6 Å². The van der Waals surface area contributed by atoms with Crippen LogP contribution in [0.2, 0.25) is 0 Å². The minimum Gasteiger partial charge on any atom is -0.508 e. The summed E-state index contributed by atoms with van der Waals surface area (Å²) in [5, 5.41) is 15.5. The summed E-state index contributed by atoms with van der Waals surface area (Å²) >= 11 is 0. The second-order valence-corrected chi connectivity index (χ2v) is 10.3. The zero-order valence-electron chi connectivity index (χ0n) is 23.1. The second kappa shape index (κ2) is 13.0. The van der Waals surface area contributed by atoms with E-state index in [4.69, 9.17) is 4.74 Å². The van der Waals surface area contributed by atoms with Crippen molar-refractivity contribution >= 4 is 23.6 Å². The van der Waals surface area contributed by atoms with Crippen LogP contribution in [0.4, 0.5) is 10.5 Å². The molecular weight excluding hydrogens is 494 g/mol. The van der Waals surface area contributed by atoms with Gasteiger partial charge >= 0.3 is 6.09 Å². The van der Waals surface area contributed by atoms with Gasteiger partial charge in [0, 0.05) is 18.7 Å².